The summed E-state index contributed by atoms with van der Waals surface area (Å²) in [7, 11) is 0. The molecule has 0 aliphatic carbocycles. The lowest BCUT2D eigenvalue weighted by atomic mass is 9.98. The van der Waals surface area contributed by atoms with Gasteiger partial charge in [0.15, 0.2) is 0 Å². The van der Waals surface area contributed by atoms with Crippen molar-refractivity contribution in [3.05, 3.63) is 28.2 Å². The molecule has 1 aromatic rings. The molecule has 19 heavy (non-hydrogen) atoms. The molecule has 1 heterocycles. The van der Waals surface area contributed by atoms with Gasteiger partial charge >= 0.3 is 6.18 Å². The fourth-order valence-corrected chi connectivity index (χ4v) is 3.10. The number of alkyl halides is 4. The first-order valence-corrected chi connectivity index (χ1v) is 7.27. The third kappa shape index (κ3) is 3.37. The molecular weight excluding hydrogens is 343 g/mol. The third-order valence-corrected chi connectivity index (χ3v) is 4.69. The molecule has 0 N–H and O–H groups in total. The highest BCUT2D eigenvalue weighted by molar-refractivity contribution is 9.10. The highest BCUT2D eigenvalue weighted by Gasteiger charge is 2.32. The number of hydrogen-bond acceptors (Lipinski definition) is 1. The topological polar surface area (TPSA) is 3.24 Å². The summed E-state index contributed by atoms with van der Waals surface area (Å²) in [6.45, 7) is 3.57. The summed E-state index contributed by atoms with van der Waals surface area (Å²) >= 11 is 9.46. The van der Waals surface area contributed by atoms with Gasteiger partial charge in [-0.25, -0.2) is 0 Å². The summed E-state index contributed by atoms with van der Waals surface area (Å²) in [4.78, 5) is 2.03. The van der Waals surface area contributed by atoms with E-state index in [9.17, 15) is 13.2 Å². The third-order valence-electron chi connectivity index (χ3n) is 3.48. The number of hydrogen-bond donors (Lipinski definition) is 0. The van der Waals surface area contributed by atoms with Crippen molar-refractivity contribution in [2.75, 3.05) is 18.0 Å². The molecule has 1 nitrogen and oxygen atoms in total. The van der Waals surface area contributed by atoms with Crippen molar-refractivity contribution in [2.45, 2.75) is 24.9 Å². The maximum absolute atomic E-state index is 12.6. The molecule has 1 aromatic carbocycles. The Kier molecular flexibility index (Phi) is 4.35. The molecule has 0 amide bonds. The molecule has 1 aliphatic rings. The molecule has 0 saturated carbocycles. The maximum Gasteiger partial charge on any atom is 0.416 e. The van der Waals surface area contributed by atoms with Crippen LogP contribution in [0.15, 0.2) is 22.7 Å². The molecule has 106 valence electrons. The van der Waals surface area contributed by atoms with E-state index >= 15 is 0 Å². The monoisotopic (exact) mass is 355 g/mol. The van der Waals surface area contributed by atoms with Crippen molar-refractivity contribution in [2.24, 2.45) is 5.92 Å². The van der Waals surface area contributed by atoms with Crippen LogP contribution in [0.3, 0.4) is 0 Å². The van der Waals surface area contributed by atoms with Crippen LogP contribution in [0, 0.1) is 5.92 Å². The predicted molar refractivity (Wildman–Crippen MR) is 74.8 cm³/mol. The number of benzene rings is 1. The molecule has 2 rings (SSSR count). The van der Waals surface area contributed by atoms with Gasteiger partial charge in [0.05, 0.1) is 16.6 Å². The van der Waals surface area contributed by atoms with Gasteiger partial charge in [0.1, 0.15) is 0 Å². The van der Waals surface area contributed by atoms with E-state index in [4.69, 9.17) is 11.6 Å². The van der Waals surface area contributed by atoms with Crippen molar-refractivity contribution in [3.63, 3.8) is 0 Å². The Balaban J connectivity index is 2.22. The SMILES string of the molecule is CC1CCN(c2ccc(C(F)(F)F)cc2Br)CC1Cl. The summed E-state index contributed by atoms with van der Waals surface area (Å²) in [6, 6.07) is 3.74. The zero-order valence-electron chi connectivity index (χ0n) is 10.3. The largest absolute Gasteiger partial charge is 0.416 e. The smallest absolute Gasteiger partial charge is 0.369 e. The predicted octanol–water partition coefficient (Wildman–Crippen LogP) is 4.92. The Bertz CT molecular complexity index is 464. The van der Waals surface area contributed by atoms with Crippen LogP contribution in [-0.2, 0) is 6.18 Å². The van der Waals surface area contributed by atoms with Gasteiger partial charge in [0, 0.05) is 17.6 Å². The Labute approximate surface area is 123 Å². The normalized spacial score (nSPS) is 24.6. The van der Waals surface area contributed by atoms with Gasteiger partial charge in [0.2, 0.25) is 0 Å². The highest BCUT2D eigenvalue weighted by atomic mass is 79.9. The second-order valence-electron chi connectivity index (χ2n) is 4.89. The molecule has 2 atom stereocenters. The Hall–Kier alpha value is -0.420. The van der Waals surface area contributed by atoms with E-state index < -0.39 is 11.7 Å². The summed E-state index contributed by atoms with van der Waals surface area (Å²) in [5.74, 6) is 0.436. The van der Waals surface area contributed by atoms with Crippen LogP contribution in [0.25, 0.3) is 0 Å². The maximum atomic E-state index is 12.6. The van der Waals surface area contributed by atoms with E-state index in [0.29, 0.717) is 16.9 Å². The lowest BCUT2D eigenvalue weighted by Gasteiger charge is -2.36. The van der Waals surface area contributed by atoms with Crippen LogP contribution in [0.5, 0.6) is 0 Å². The first-order valence-electron chi connectivity index (χ1n) is 6.05. The Morgan fingerprint density at radius 2 is 2.05 bits per heavy atom. The Morgan fingerprint density at radius 3 is 2.58 bits per heavy atom. The number of piperidine rings is 1. The second-order valence-corrected chi connectivity index (χ2v) is 6.31. The minimum Gasteiger partial charge on any atom is -0.369 e. The molecular formula is C13H14BrClF3N. The van der Waals surface area contributed by atoms with Gasteiger partial charge in [-0.15, -0.1) is 11.6 Å². The average molecular weight is 357 g/mol. The van der Waals surface area contributed by atoms with E-state index in [1.807, 2.05) is 4.90 Å². The first-order chi connectivity index (χ1) is 8.79. The molecule has 2 unspecified atom stereocenters. The van der Waals surface area contributed by atoms with Crippen LogP contribution >= 0.6 is 27.5 Å². The van der Waals surface area contributed by atoms with Crippen LogP contribution < -0.4 is 4.90 Å². The average Bonchev–Trinajstić information content (AvgIpc) is 2.31. The lowest BCUT2D eigenvalue weighted by molar-refractivity contribution is -0.137. The fraction of sp³-hybridized carbons (Fsp3) is 0.538. The van der Waals surface area contributed by atoms with Crippen molar-refractivity contribution in [1.29, 1.82) is 0 Å². The second kappa shape index (κ2) is 5.52. The number of anilines is 1. The van der Waals surface area contributed by atoms with Gasteiger partial charge in [0.25, 0.3) is 0 Å². The minimum absolute atomic E-state index is 0.0305. The van der Waals surface area contributed by atoms with Crippen molar-refractivity contribution in [3.8, 4) is 0 Å². The van der Waals surface area contributed by atoms with Gasteiger partial charge in [-0.05, 0) is 46.5 Å². The number of rotatable bonds is 1. The summed E-state index contributed by atoms with van der Waals surface area (Å²) in [5.41, 5.74) is 0.126. The Morgan fingerprint density at radius 1 is 1.37 bits per heavy atom. The van der Waals surface area contributed by atoms with Gasteiger partial charge < -0.3 is 4.90 Å². The quantitative estimate of drug-likeness (QED) is 0.646. The van der Waals surface area contributed by atoms with Gasteiger partial charge in [-0.1, -0.05) is 6.92 Å². The van der Waals surface area contributed by atoms with Crippen LogP contribution in [0.4, 0.5) is 18.9 Å². The van der Waals surface area contributed by atoms with Crippen LogP contribution in [0.2, 0.25) is 0 Å². The molecule has 6 heteroatoms. The van der Waals surface area contributed by atoms with Gasteiger partial charge in [-0.2, -0.15) is 13.2 Å². The highest BCUT2D eigenvalue weighted by Crippen LogP contribution is 2.36. The van der Waals surface area contributed by atoms with E-state index in [1.165, 1.54) is 6.07 Å². The minimum atomic E-state index is -4.31. The van der Waals surface area contributed by atoms with E-state index in [-0.39, 0.29) is 5.38 Å². The first kappa shape index (κ1) is 15.0. The van der Waals surface area contributed by atoms with Crippen molar-refractivity contribution < 1.29 is 13.2 Å². The molecule has 0 spiro atoms. The zero-order chi connectivity index (χ0) is 14.2. The van der Waals surface area contributed by atoms with E-state index in [1.54, 1.807) is 0 Å². The van der Waals surface area contributed by atoms with Crippen molar-refractivity contribution >= 4 is 33.2 Å². The van der Waals surface area contributed by atoms with Crippen molar-refractivity contribution in [1.82, 2.24) is 0 Å². The van der Waals surface area contributed by atoms with Crippen LogP contribution in [0.1, 0.15) is 18.9 Å². The summed E-state index contributed by atoms with van der Waals surface area (Å²) in [6.07, 6.45) is -3.37. The molecule has 0 bridgehead atoms. The van der Waals surface area contributed by atoms with E-state index in [2.05, 4.69) is 22.9 Å². The number of nitrogens with zero attached hydrogens (tertiary/aromatic N) is 1. The van der Waals surface area contributed by atoms with Crippen LogP contribution in [-0.4, -0.2) is 18.5 Å². The zero-order valence-corrected chi connectivity index (χ0v) is 12.7. The summed E-state index contributed by atoms with van der Waals surface area (Å²) in [5, 5.41) is 0.0305. The molecule has 0 radical (unpaired) electrons. The van der Waals surface area contributed by atoms with Gasteiger partial charge in [-0.3, -0.25) is 0 Å². The number of halogens is 5. The fourth-order valence-electron chi connectivity index (χ4n) is 2.18. The van der Waals surface area contributed by atoms with E-state index in [0.717, 1.165) is 30.8 Å². The molecule has 0 aromatic heterocycles. The standard InChI is InChI=1S/C13H14BrClF3N/c1-8-4-5-19(7-11(8)15)12-3-2-9(6-10(12)14)13(16,17)18/h2-3,6,8,11H,4-5,7H2,1H3. The molecule has 1 aliphatic heterocycles. The molecule has 1 fully saturated rings. The molecule has 1 saturated heterocycles. The lowest BCUT2D eigenvalue weighted by Crippen LogP contribution is -2.40. The summed E-state index contributed by atoms with van der Waals surface area (Å²) < 4.78 is 38.3.